The molecule has 0 aliphatic rings. The van der Waals surface area contributed by atoms with Crippen LogP contribution >= 0.6 is 11.3 Å². The Balaban J connectivity index is 1.59. The summed E-state index contributed by atoms with van der Waals surface area (Å²) in [6.45, 7) is 0. The minimum atomic E-state index is -4.41. The van der Waals surface area contributed by atoms with Crippen LogP contribution in [0.2, 0.25) is 0 Å². The van der Waals surface area contributed by atoms with E-state index < -0.39 is 11.7 Å². The van der Waals surface area contributed by atoms with Gasteiger partial charge in [0.1, 0.15) is 0 Å². The number of halogens is 3. The lowest BCUT2D eigenvalue weighted by molar-refractivity contribution is -0.137. The Bertz CT molecular complexity index is 984. The summed E-state index contributed by atoms with van der Waals surface area (Å²) in [7, 11) is 3.86. The number of benzene rings is 2. The third-order valence-electron chi connectivity index (χ3n) is 4.00. The molecule has 3 aromatic rings. The lowest BCUT2D eigenvalue weighted by Crippen LogP contribution is -2.15. The van der Waals surface area contributed by atoms with Crippen molar-refractivity contribution in [3.8, 4) is 0 Å². The van der Waals surface area contributed by atoms with E-state index in [4.69, 9.17) is 0 Å². The molecule has 1 heterocycles. The van der Waals surface area contributed by atoms with E-state index in [-0.39, 0.29) is 18.0 Å². The fraction of sp³-hybridized carbons (Fsp3) is 0.200. The molecular weight excluding hydrogens is 401 g/mol. The van der Waals surface area contributed by atoms with Crippen LogP contribution in [0.15, 0.2) is 53.9 Å². The Hall–Kier alpha value is -3.07. The van der Waals surface area contributed by atoms with Gasteiger partial charge in [-0.1, -0.05) is 6.07 Å². The quantitative estimate of drug-likeness (QED) is 0.579. The number of anilines is 4. The van der Waals surface area contributed by atoms with Crippen LogP contribution in [0.4, 0.5) is 35.4 Å². The van der Waals surface area contributed by atoms with Gasteiger partial charge < -0.3 is 15.5 Å². The summed E-state index contributed by atoms with van der Waals surface area (Å²) in [5.74, 6) is -0.224. The fourth-order valence-electron chi connectivity index (χ4n) is 2.55. The van der Waals surface area contributed by atoms with Gasteiger partial charge in [-0.3, -0.25) is 4.79 Å². The summed E-state index contributed by atoms with van der Waals surface area (Å²) in [4.78, 5) is 18.5. The summed E-state index contributed by atoms with van der Waals surface area (Å²) in [6, 6.07) is 12.3. The van der Waals surface area contributed by atoms with Crippen LogP contribution in [0.1, 0.15) is 11.3 Å². The summed E-state index contributed by atoms with van der Waals surface area (Å²) in [5.41, 5.74) is 1.78. The van der Waals surface area contributed by atoms with Crippen molar-refractivity contribution >= 4 is 39.4 Å². The van der Waals surface area contributed by atoms with Gasteiger partial charge in [-0.2, -0.15) is 13.2 Å². The Labute approximate surface area is 170 Å². The number of hydrogen-bond acceptors (Lipinski definition) is 5. The van der Waals surface area contributed by atoms with Crippen LogP contribution in [0.25, 0.3) is 0 Å². The zero-order valence-corrected chi connectivity index (χ0v) is 16.6. The molecule has 0 spiro atoms. The van der Waals surface area contributed by atoms with Crippen molar-refractivity contribution in [2.24, 2.45) is 0 Å². The first-order valence-electron chi connectivity index (χ1n) is 8.66. The average molecular weight is 420 g/mol. The molecule has 2 aromatic carbocycles. The number of carbonyl (C=O) groups is 1. The number of alkyl halides is 3. The largest absolute Gasteiger partial charge is 0.416 e. The number of nitrogens with zero attached hydrogens (tertiary/aromatic N) is 2. The van der Waals surface area contributed by atoms with Gasteiger partial charge >= 0.3 is 6.18 Å². The third kappa shape index (κ3) is 5.71. The van der Waals surface area contributed by atoms with Gasteiger partial charge in [0.2, 0.25) is 5.91 Å². The number of nitrogens with one attached hydrogen (secondary N) is 2. The molecule has 1 aromatic heterocycles. The molecule has 0 unspecified atom stereocenters. The van der Waals surface area contributed by atoms with Gasteiger partial charge in [0.15, 0.2) is 5.13 Å². The van der Waals surface area contributed by atoms with Gasteiger partial charge in [0.25, 0.3) is 0 Å². The minimum absolute atomic E-state index is 0.0657. The molecule has 0 aliphatic carbocycles. The molecule has 0 radical (unpaired) electrons. The van der Waals surface area contributed by atoms with Crippen molar-refractivity contribution in [3.63, 3.8) is 0 Å². The molecule has 0 bridgehead atoms. The summed E-state index contributed by atoms with van der Waals surface area (Å²) < 4.78 is 38.4. The third-order valence-corrected chi connectivity index (χ3v) is 4.81. The van der Waals surface area contributed by atoms with Gasteiger partial charge in [-0.05, 0) is 42.5 Å². The smallest absolute Gasteiger partial charge is 0.378 e. The van der Waals surface area contributed by atoms with Crippen LogP contribution in [-0.4, -0.2) is 25.0 Å². The average Bonchev–Trinajstić information content (AvgIpc) is 3.08. The van der Waals surface area contributed by atoms with Crippen molar-refractivity contribution in [1.82, 2.24) is 4.98 Å². The maximum absolute atomic E-state index is 12.8. The molecular formula is C20H19F3N4OS. The molecule has 1 amide bonds. The molecule has 29 heavy (non-hydrogen) atoms. The van der Waals surface area contributed by atoms with Crippen molar-refractivity contribution in [2.45, 2.75) is 12.6 Å². The van der Waals surface area contributed by atoms with Crippen LogP contribution in [0.3, 0.4) is 0 Å². The molecule has 0 saturated heterocycles. The van der Waals surface area contributed by atoms with Crippen molar-refractivity contribution < 1.29 is 18.0 Å². The molecule has 0 atom stereocenters. The number of aromatic nitrogens is 1. The van der Waals surface area contributed by atoms with E-state index in [0.717, 1.165) is 17.8 Å². The maximum atomic E-state index is 12.8. The molecule has 5 nitrogen and oxygen atoms in total. The van der Waals surface area contributed by atoms with E-state index in [1.54, 1.807) is 5.38 Å². The summed E-state index contributed by atoms with van der Waals surface area (Å²) in [6.07, 6.45) is -4.34. The highest BCUT2D eigenvalue weighted by molar-refractivity contribution is 7.13. The number of amides is 1. The molecule has 0 saturated carbocycles. The first kappa shape index (κ1) is 20.7. The molecule has 2 N–H and O–H groups in total. The predicted molar refractivity (Wildman–Crippen MR) is 110 cm³/mol. The predicted octanol–water partition coefficient (Wildman–Crippen LogP) is 5.15. The van der Waals surface area contributed by atoms with Crippen molar-refractivity contribution in [3.05, 3.63) is 65.2 Å². The van der Waals surface area contributed by atoms with Crippen LogP contribution in [0.5, 0.6) is 0 Å². The van der Waals surface area contributed by atoms with Gasteiger partial charge in [-0.25, -0.2) is 4.98 Å². The van der Waals surface area contributed by atoms with Crippen molar-refractivity contribution in [1.29, 1.82) is 0 Å². The topological polar surface area (TPSA) is 57.3 Å². The zero-order valence-electron chi connectivity index (χ0n) is 15.7. The second-order valence-corrected chi connectivity index (χ2v) is 7.37. The van der Waals surface area contributed by atoms with E-state index >= 15 is 0 Å². The lowest BCUT2D eigenvalue weighted by atomic mass is 10.2. The molecule has 3 rings (SSSR count). The summed E-state index contributed by atoms with van der Waals surface area (Å²) in [5, 5.41) is 7.77. The fourth-order valence-corrected chi connectivity index (χ4v) is 3.29. The van der Waals surface area contributed by atoms with E-state index in [1.165, 1.54) is 23.5 Å². The molecule has 0 fully saturated rings. The number of carbonyl (C=O) groups excluding carboxylic acids is 1. The SMILES string of the molecule is CN(C)c1ccc(NC(=O)Cc2csc(Nc3cccc(C(F)(F)F)c3)n2)cc1. The first-order valence-corrected chi connectivity index (χ1v) is 9.54. The first-order chi connectivity index (χ1) is 13.7. The molecule has 152 valence electrons. The Morgan fingerprint density at radius 1 is 1.10 bits per heavy atom. The van der Waals surface area contributed by atoms with Gasteiger partial charge in [0, 0.05) is 36.5 Å². The van der Waals surface area contributed by atoms with Gasteiger partial charge in [0.05, 0.1) is 17.7 Å². The number of rotatable bonds is 6. The number of thiazole rings is 1. The maximum Gasteiger partial charge on any atom is 0.416 e. The minimum Gasteiger partial charge on any atom is -0.378 e. The second-order valence-electron chi connectivity index (χ2n) is 6.51. The highest BCUT2D eigenvalue weighted by Crippen LogP contribution is 2.31. The van der Waals surface area contributed by atoms with E-state index in [0.29, 0.717) is 16.5 Å². The highest BCUT2D eigenvalue weighted by Gasteiger charge is 2.30. The standard InChI is InChI=1S/C20H19F3N4OS/c1-27(2)17-8-6-14(7-9-17)24-18(28)11-16-12-29-19(26-16)25-15-5-3-4-13(10-15)20(21,22)23/h3-10,12H,11H2,1-2H3,(H,24,28)(H,25,26). The highest BCUT2D eigenvalue weighted by atomic mass is 32.1. The monoisotopic (exact) mass is 420 g/mol. The second kappa shape index (κ2) is 8.52. The van der Waals surface area contributed by atoms with Crippen LogP contribution < -0.4 is 15.5 Å². The Morgan fingerprint density at radius 2 is 1.83 bits per heavy atom. The molecule has 9 heteroatoms. The zero-order chi connectivity index (χ0) is 21.0. The number of hydrogen-bond donors (Lipinski definition) is 2. The van der Waals surface area contributed by atoms with Crippen LogP contribution in [-0.2, 0) is 17.4 Å². The molecule has 0 aliphatic heterocycles. The van der Waals surface area contributed by atoms with E-state index in [9.17, 15) is 18.0 Å². The van der Waals surface area contributed by atoms with Crippen molar-refractivity contribution in [2.75, 3.05) is 29.6 Å². The Kier molecular flexibility index (Phi) is 6.07. The Morgan fingerprint density at radius 3 is 2.48 bits per heavy atom. The van der Waals surface area contributed by atoms with Gasteiger partial charge in [-0.15, -0.1) is 11.3 Å². The van der Waals surface area contributed by atoms with E-state index in [2.05, 4.69) is 15.6 Å². The summed E-state index contributed by atoms with van der Waals surface area (Å²) >= 11 is 1.22. The lowest BCUT2D eigenvalue weighted by Gasteiger charge is -2.12. The normalized spacial score (nSPS) is 11.2. The van der Waals surface area contributed by atoms with E-state index in [1.807, 2.05) is 43.3 Å². The van der Waals surface area contributed by atoms with Crippen LogP contribution in [0, 0.1) is 0 Å².